The second-order valence-electron chi connectivity index (χ2n) is 7.72. The summed E-state index contributed by atoms with van der Waals surface area (Å²) in [5, 5.41) is 2.87. The first-order valence-electron chi connectivity index (χ1n) is 10.7. The van der Waals surface area contributed by atoms with Gasteiger partial charge in [-0.2, -0.15) is 4.31 Å². The molecular formula is C23H30N4O4S. The highest BCUT2D eigenvalue weighted by Gasteiger charge is 2.23. The molecule has 0 bridgehead atoms. The topological polar surface area (TPSA) is 93.5 Å². The van der Waals surface area contributed by atoms with E-state index in [1.165, 1.54) is 35.6 Å². The molecule has 1 heterocycles. The maximum absolute atomic E-state index is 12.9. The highest BCUT2D eigenvalue weighted by atomic mass is 32.2. The summed E-state index contributed by atoms with van der Waals surface area (Å²) >= 11 is 0. The number of ether oxygens (including phenoxy) is 1. The lowest BCUT2D eigenvalue weighted by molar-refractivity contribution is 0.102. The van der Waals surface area contributed by atoms with Crippen LogP contribution in [-0.4, -0.2) is 54.5 Å². The van der Waals surface area contributed by atoms with Gasteiger partial charge >= 0.3 is 0 Å². The summed E-state index contributed by atoms with van der Waals surface area (Å²) in [6, 6.07) is 13.5. The monoisotopic (exact) mass is 458 g/mol. The summed E-state index contributed by atoms with van der Waals surface area (Å²) < 4.78 is 34.0. The number of aromatic nitrogens is 2. The summed E-state index contributed by atoms with van der Waals surface area (Å²) in [7, 11) is -2.07. The van der Waals surface area contributed by atoms with Gasteiger partial charge < -0.3 is 9.30 Å². The molecule has 1 aromatic heterocycles. The number of para-hydroxylation sites is 2. The number of carbonyl (C=O) groups excluding carboxylic acids is 1. The third-order valence-electron chi connectivity index (χ3n) is 5.28. The number of benzene rings is 2. The van der Waals surface area contributed by atoms with Crippen molar-refractivity contribution in [2.75, 3.05) is 25.6 Å². The second kappa shape index (κ2) is 10.2. The molecule has 0 atom stereocenters. The summed E-state index contributed by atoms with van der Waals surface area (Å²) in [6.45, 7) is 7.49. The van der Waals surface area contributed by atoms with E-state index in [0.29, 0.717) is 31.3 Å². The molecule has 3 aromatic rings. The van der Waals surface area contributed by atoms with E-state index >= 15 is 0 Å². The quantitative estimate of drug-likeness (QED) is 0.467. The minimum Gasteiger partial charge on any atom is -0.382 e. The van der Waals surface area contributed by atoms with Crippen LogP contribution >= 0.6 is 0 Å². The molecule has 0 fully saturated rings. The molecule has 1 amide bonds. The van der Waals surface area contributed by atoms with E-state index in [9.17, 15) is 13.2 Å². The van der Waals surface area contributed by atoms with Crippen LogP contribution in [0.4, 0.5) is 5.95 Å². The molecular weight excluding hydrogens is 428 g/mol. The van der Waals surface area contributed by atoms with Crippen LogP contribution in [0, 0.1) is 0 Å². The molecule has 172 valence electrons. The normalized spacial score (nSPS) is 12.1. The molecule has 0 aliphatic heterocycles. The molecule has 0 radical (unpaired) electrons. The number of fused-ring (bicyclic) bond motifs is 1. The zero-order valence-corrected chi connectivity index (χ0v) is 19.7. The van der Waals surface area contributed by atoms with Crippen LogP contribution in [0.3, 0.4) is 0 Å². The average Bonchev–Trinajstić information content (AvgIpc) is 3.13. The van der Waals surface area contributed by atoms with Gasteiger partial charge in [0, 0.05) is 38.4 Å². The lowest BCUT2D eigenvalue weighted by atomic mass is 10.2. The number of hydrogen-bond acceptors (Lipinski definition) is 5. The number of amides is 1. The predicted molar refractivity (Wildman–Crippen MR) is 125 cm³/mol. The number of hydrogen-bond donors (Lipinski definition) is 1. The maximum atomic E-state index is 12.9. The van der Waals surface area contributed by atoms with Crippen molar-refractivity contribution in [1.82, 2.24) is 13.9 Å². The van der Waals surface area contributed by atoms with Gasteiger partial charge in [-0.05, 0) is 63.6 Å². The molecule has 0 saturated carbocycles. The standard InChI is InChI=1S/C23H30N4O4S/c1-5-31-16-8-15-27-21-10-7-6-9-20(21)24-23(27)25-22(28)18-11-13-19(14-12-18)32(29,30)26(4)17(2)3/h6-7,9-14,17H,5,8,15-16H2,1-4H3,(H,24,25,28). The Labute approximate surface area is 189 Å². The largest absolute Gasteiger partial charge is 0.382 e. The van der Waals surface area contributed by atoms with Gasteiger partial charge in [-0.1, -0.05) is 12.1 Å². The third-order valence-corrected chi connectivity index (χ3v) is 7.32. The highest BCUT2D eigenvalue weighted by molar-refractivity contribution is 7.89. The van der Waals surface area contributed by atoms with Crippen molar-refractivity contribution >= 4 is 32.9 Å². The molecule has 0 saturated heterocycles. The second-order valence-corrected chi connectivity index (χ2v) is 9.72. The SMILES string of the molecule is CCOCCCn1c(NC(=O)c2ccc(S(=O)(=O)N(C)C(C)C)cc2)nc2ccccc21. The molecule has 0 unspecified atom stereocenters. The van der Waals surface area contributed by atoms with E-state index in [-0.39, 0.29) is 16.8 Å². The Morgan fingerprint density at radius 1 is 1.16 bits per heavy atom. The summed E-state index contributed by atoms with van der Waals surface area (Å²) in [6.07, 6.45) is 0.785. The Morgan fingerprint density at radius 2 is 1.84 bits per heavy atom. The Bertz CT molecular complexity index is 1170. The van der Waals surface area contributed by atoms with Gasteiger partial charge in [0.05, 0.1) is 15.9 Å². The van der Waals surface area contributed by atoms with Gasteiger partial charge in [0.15, 0.2) is 0 Å². The maximum Gasteiger partial charge on any atom is 0.257 e. The summed E-state index contributed by atoms with van der Waals surface area (Å²) in [5.41, 5.74) is 2.07. The van der Waals surface area contributed by atoms with Crippen molar-refractivity contribution in [3.8, 4) is 0 Å². The van der Waals surface area contributed by atoms with E-state index in [4.69, 9.17) is 4.74 Å². The number of anilines is 1. The Kier molecular flexibility index (Phi) is 7.65. The van der Waals surface area contributed by atoms with Gasteiger partial charge in [-0.3, -0.25) is 10.1 Å². The summed E-state index contributed by atoms with van der Waals surface area (Å²) in [5.74, 6) is 0.0939. The smallest absolute Gasteiger partial charge is 0.257 e. The molecule has 1 N–H and O–H groups in total. The number of aryl methyl sites for hydroxylation is 1. The number of rotatable bonds is 10. The number of carbonyl (C=O) groups is 1. The molecule has 0 aliphatic rings. The predicted octanol–water partition coefficient (Wildman–Crippen LogP) is 3.74. The summed E-state index contributed by atoms with van der Waals surface area (Å²) in [4.78, 5) is 17.6. The number of nitrogens with zero attached hydrogens (tertiary/aromatic N) is 3. The molecule has 0 spiro atoms. The molecule has 32 heavy (non-hydrogen) atoms. The van der Waals surface area contributed by atoms with Crippen LogP contribution < -0.4 is 5.32 Å². The van der Waals surface area contributed by atoms with Gasteiger partial charge in [-0.15, -0.1) is 0 Å². The van der Waals surface area contributed by atoms with Gasteiger partial charge in [0.1, 0.15) is 0 Å². The van der Waals surface area contributed by atoms with Crippen molar-refractivity contribution in [1.29, 1.82) is 0 Å². The van der Waals surface area contributed by atoms with Gasteiger partial charge in [0.2, 0.25) is 16.0 Å². The van der Waals surface area contributed by atoms with E-state index in [1.807, 2.05) is 35.8 Å². The Morgan fingerprint density at radius 3 is 2.50 bits per heavy atom. The van der Waals surface area contributed by atoms with E-state index in [2.05, 4.69) is 10.3 Å². The zero-order chi connectivity index (χ0) is 23.3. The minimum atomic E-state index is -3.61. The van der Waals surface area contributed by atoms with Crippen molar-refractivity contribution in [2.24, 2.45) is 0 Å². The Balaban J connectivity index is 1.81. The van der Waals surface area contributed by atoms with Crippen LogP contribution in [0.2, 0.25) is 0 Å². The molecule has 3 rings (SSSR count). The first-order chi connectivity index (χ1) is 15.3. The van der Waals surface area contributed by atoms with Gasteiger partial charge in [-0.25, -0.2) is 13.4 Å². The van der Waals surface area contributed by atoms with Gasteiger partial charge in [0.25, 0.3) is 5.91 Å². The molecule has 9 heteroatoms. The first-order valence-corrected chi connectivity index (χ1v) is 12.1. The van der Waals surface area contributed by atoms with Crippen LogP contribution in [0.15, 0.2) is 53.4 Å². The lowest BCUT2D eigenvalue weighted by Crippen LogP contribution is -2.33. The first kappa shape index (κ1) is 23.9. The fourth-order valence-corrected chi connectivity index (χ4v) is 4.63. The van der Waals surface area contributed by atoms with E-state index in [0.717, 1.165) is 17.5 Å². The van der Waals surface area contributed by atoms with E-state index < -0.39 is 10.0 Å². The number of nitrogens with one attached hydrogen (secondary N) is 1. The van der Waals surface area contributed by atoms with Crippen LogP contribution in [0.1, 0.15) is 37.6 Å². The van der Waals surface area contributed by atoms with Crippen LogP contribution in [0.5, 0.6) is 0 Å². The Hall–Kier alpha value is -2.75. The molecule has 0 aliphatic carbocycles. The van der Waals surface area contributed by atoms with Crippen LogP contribution in [-0.2, 0) is 21.3 Å². The van der Waals surface area contributed by atoms with Crippen molar-refractivity contribution in [3.05, 3.63) is 54.1 Å². The fraction of sp³-hybridized carbons (Fsp3) is 0.391. The number of sulfonamides is 1. The van der Waals surface area contributed by atoms with Crippen molar-refractivity contribution < 1.29 is 17.9 Å². The highest BCUT2D eigenvalue weighted by Crippen LogP contribution is 2.22. The third kappa shape index (κ3) is 5.17. The minimum absolute atomic E-state index is 0.147. The van der Waals surface area contributed by atoms with Crippen LogP contribution in [0.25, 0.3) is 11.0 Å². The van der Waals surface area contributed by atoms with E-state index in [1.54, 1.807) is 13.8 Å². The van der Waals surface area contributed by atoms with Crippen molar-refractivity contribution in [3.63, 3.8) is 0 Å². The molecule has 8 nitrogen and oxygen atoms in total. The lowest BCUT2D eigenvalue weighted by Gasteiger charge is -2.21. The average molecular weight is 459 g/mol. The zero-order valence-electron chi connectivity index (χ0n) is 18.9. The number of imidazole rings is 1. The van der Waals surface area contributed by atoms with Crippen molar-refractivity contribution in [2.45, 2.75) is 44.7 Å². The molecule has 2 aromatic carbocycles. The fourth-order valence-electron chi connectivity index (χ4n) is 3.26.